The number of rotatable bonds is 1. The van der Waals surface area contributed by atoms with E-state index in [2.05, 4.69) is 25.1 Å². The predicted molar refractivity (Wildman–Crippen MR) is 57.4 cm³/mol. The third kappa shape index (κ3) is 1.32. The van der Waals surface area contributed by atoms with Gasteiger partial charge in [-0.1, -0.05) is 12.1 Å². The first kappa shape index (κ1) is 9.27. The van der Waals surface area contributed by atoms with Crippen molar-refractivity contribution in [2.45, 2.75) is 6.92 Å². The molecule has 2 rings (SSSR count). The highest BCUT2D eigenvalue weighted by molar-refractivity contribution is 9.06. The Labute approximate surface area is 89.5 Å². The zero-order chi connectivity index (χ0) is 10.1. The molecule has 0 unspecified atom stereocenters. The summed E-state index contributed by atoms with van der Waals surface area (Å²) in [5.41, 5.74) is 2.46. The van der Waals surface area contributed by atoms with E-state index >= 15 is 0 Å². The molecule has 14 heavy (non-hydrogen) atoms. The van der Waals surface area contributed by atoms with Crippen LogP contribution in [0, 0.1) is 6.92 Å². The fraction of sp³-hybridized carbons (Fsp3) is 0.100. The highest BCUT2D eigenvalue weighted by Gasteiger charge is 2.12. The van der Waals surface area contributed by atoms with Gasteiger partial charge in [0.2, 0.25) is 0 Å². The van der Waals surface area contributed by atoms with Crippen LogP contribution in [0.5, 0.6) is 0 Å². The van der Waals surface area contributed by atoms with Crippen molar-refractivity contribution in [2.24, 2.45) is 0 Å². The van der Waals surface area contributed by atoms with Gasteiger partial charge in [-0.25, -0.2) is 4.79 Å². The van der Waals surface area contributed by atoms with Crippen molar-refractivity contribution in [1.82, 2.24) is 4.98 Å². The lowest BCUT2D eigenvalue weighted by Crippen LogP contribution is -1.98. The first-order valence-corrected chi connectivity index (χ1v) is 4.78. The molecule has 0 bridgehead atoms. The average Bonchev–Trinajstić information content (AvgIpc) is 2.59. The molecule has 3 nitrogen and oxygen atoms in total. The zero-order valence-corrected chi connectivity index (χ0v) is 9.09. The van der Waals surface area contributed by atoms with Crippen LogP contribution in [0.1, 0.15) is 15.9 Å². The van der Waals surface area contributed by atoms with Crippen LogP contribution >= 0.6 is 16.3 Å². The van der Waals surface area contributed by atoms with E-state index < -0.39 is 5.97 Å². The Morgan fingerprint density at radius 2 is 2.29 bits per heavy atom. The van der Waals surface area contributed by atoms with E-state index in [1.165, 1.54) is 0 Å². The summed E-state index contributed by atoms with van der Waals surface area (Å²) >= 11 is 2.68. The lowest BCUT2D eigenvalue weighted by Gasteiger charge is -1.98. The normalized spacial score (nSPS) is 10.4. The molecule has 0 atom stereocenters. The van der Waals surface area contributed by atoms with Gasteiger partial charge >= 0.3 is 5.97 Å². The fourth-order valence-corrected chi connectivity index (χ4v) is 1.68. The smallest absolute Gasteiger partial charge is 0.351 e. The van der Waals surface area contributed by atoms with Crippen molar-refractivity contribution in [2.75, 3.05) is 0 Å². The minimum atomic E-state index is -0.391. The van der Waals surface area contributed by atoms with Gasteiger partial charge in [0.05, 0.1) is 11.1 Å². The van der Waals surface area contributed by atoms with Crippen LogP contribution in [-0.4, -0.2) is 11.0 Å². The predicted octanol–water partition coefficient (Wildman–Crippen LogP) is 2.94. The standard InChI is InChI=1S/C10H8BrNO2/c1-6-5-12-9-7(6)3-2-4-8(9)10(13)14-11/h2-5,12H,1H3. The summed E-state index contributed by atoms with van der Waals surface area (Å²) in [7, 11) is 0. The Morgan fingerprint density at radius 3 is 3.00 bits per heavy atom. The second-order valence-electron chi connectivity index (χ2n) is 3.06. The molecule has 0 aliphatic carbocycles. The van der Waals surface area contributed by atoms with E-state index in [9.17, 15) is 4.79 Å². The van der Waals surface area contributed by atoms with E-state index in [1.54, 1.807) is 6.07 Å². The average molecular weight is 254 g/mol. The van der Waals surface area contributed by atoms with Crippen molar-refractivity contribution in [3.8, 4) is 0 Å². The van der Waals surface area contributed by atoms with Crippen LogP contribution in [0.15, 0.2) is 24.4 Å². The number of halogens is 1. The minimum Gasteiger partial charge on any atom is -0.380 e. The number of para-hydroxylation sites is 1. The van der Waals surface area contributed by atoms with Crippen molar-refractivity contribution in [3.05, 3.63) is 35.5 Å². The number of hydrogen-bond donors (Lipinski definition) is 1. The molecule has 0 saturated carbocycles. The summed E-state index contributed by atoms with van der Waals surface area (Å²) in [4.78, 5) is 14.4. The highest BCUT2D eigenvalue weighted by atomic mass is 79.9. The monoisotopic (exact) mass is 253 g/mol. The number of aromatic nitrogens is 1. The molecule has 4 heteroatoms. The van der Waals surface area contributed by atoms with Gasteiger partial charge in [0.25, 0.3) is 0 Å². The molecular weight excluding hydrogens is 246 g/mol. The van der Waals surface area contributed by atoms with Crippen LogP contribution in [0.4, 0.5) is 0 Å². The van der Waals surface area contributed by atoms with Crippen molar-refractivity contribution >= 4 is 33.1 Å². The third-order valence-corrected chi connectivity index (χ3v) is 2.51. The molecule has 0 aliphatic rings. The lowest BCUT2D eigenvalue weighted by atomic mass is 10.1. The molecule has 0 aliphatic heterocycles. The number of benzene rings is 1. The summed E-state index contributed by atoms with van der Waals surface area (Å²) in [6.07, 6.45) is 1.87. The first-order valence-electron chi connectivity index (χ1n) is 4.13. The summed E-state index contributed by atoms with van der Waals surface area (Å²) in [5.74, 6) is -0.391. The minimum absolute atomic E-state index is 0.391. The lowest BCUT2D eigenvalue weighted by molar-refractivity contribution is 0.0783. The number of fused-ring (bicyclic) bond motifs is 1. The Balaban J connectivity index is 2.71. The van der Waals surface area contributed by atoms with Crippen molar-refractivity contribution < 1.29 is 8.62 Å². The van der Waals surface area contributed by atoms with Crippen LogP contribution < -0.4 is 0 Å². The number of carbonyl (C=O) groups is 1. The number of aryl methyl sites for hydroxylation is 1. The fourth-order valence-electron chi connectivity index (χ4n) is 1.51. The summed E-state index contributed by atoms with van der Waals surface area (Å²) in [5, 5.41) is 1.04. The van der Waals surface area contributed by atoms with Gasteiger partial charge in [-0.15, -0.1) is 0 Å². The number of carbonyl (C=O) groups excluding carboxylic acids is 1. The number of H-pyrrole nitrogens is 1. The molecule has 1 aromatic heterocycles. The molecule has 0 radical (unpaired) electrons. The van der Waals surface area contributed by atoms with Gasteiger partial charge in [-0.05, 0) is 18.6 Å². The Kier molecular flexibility index (Phi) is 2.29. The maximum atomic E-state index is 11.3. The quantitative estimate of drug-likeness (QED) is 0.850. The van der Waals surface area contributed by atoms with Gasteiger partial charge in [-0.2, -0.15) is 0 Å². The molecule has 1 N–H and O–H groups in total. The zero-order valence-electron chi connectivity index (χ0n) is 7.50. The molecule has 0 amide bonds. The van der Waals surface area contributed by atoms with Crippen LogP contribution in [0.2, 0.25) is 0 Å². The number of hydrogen-bond acceptors (Lipinski definition) is 2. The second kappa shape index (κ2) is 3.46. The largest absolute Gasteiger partial charge is 0.380 e. The van der Waals surface area contributed by atoms with E-state index in [0.717, 1.165) is 16.5 Å². The summed E-state index contributed by atoms with van der Waals surface area (Å²) in [6, 6.07) is 5.52. The third-order valence-electron chi connectivity index (χ3n) is 2.21. The maximum absolute atomic E-state index is 11.3. The van der Waals surface area contributed by atoms with Gasteiger partial charge in [0.1, 0.15) is 0 Å². The van der Waals surface area contributed by atoms with Gasteiger partial charge < -0.3 is 8.81 Å². The van der Waals surface area contributed by atoms with Crippen molar-refractivity contribution in [1.29, 1.82) is 0 Å². The van der Waals surface area contributed by atoms with Gasteiger partial charge in [0.15, 0.2) is 16.3 Å². The molecule has 0 fully saturated rings. The number of aromatic amines is 1. The van der Waals surface area contributed by atoms with Crippen LogP contribution in [-0.2, 0) is 3.83 Å². The van der Waals surface area contributed by atoms with Crippen LogP contribution in [0.25, 0.3) is 10.9 Å². The van der Waals surface area contributed by atoms with Crippen molar-refractivity contribution in [3.63, 3.8) is 0 Å². The molecule has 2 aromatic rings. The maximum Gasteiger partial charge on any atom is 0.351 e. The van der Waals surface area contributed by atoms with E-state index in [-0.39, 0.29) is 0 Å². The highest BCUT2D eigenvalue weighted by Crippen LogP contribution is 2.21. The Bertz CT molecular complexity index is 490. The topological polar surface area (TPSA) is 42.1 Å². The molecule has 0 spiro atoms. The summed E-state index contributed by atoms with van der Waals surface area (Å²) < 4.78 is 4.51. The Morgan fingerprint density at radius 1 is 1.50 bits per heavy atom. The molecular formula is C10H8BrNO2. The van der Waals surface area contributed by atoms with E-state index in [4.69, 9.17) is 0 Å². The van der Waals surface area contributed by atoms with Gasteiger partial charge in [-0.3, -0.25) is 0 Å². The first-order chi connectivity index (χ1) is 6.74. The van der Waals surface area contributed by atoms with Crippen LogP contribution in [0.3, 0.4) is 0 Å². The second-order valence-corrected chi connectivity index (χ2v) is 3.39. The molecule has 1 heterocycles. The SMILES string of the molecule is Cc1c[nH]c2c(C(=O)OBr)cccc12. The number of nitrogens with one attached hydrogen (secondary N) is 1. The Hall–Kier alpha value is -1.29. The summed E-state index contributed by atoms with van der Waals surface area (Å²) in [6.45, 7) is 1.99. The molecule has 1 aromatic carbocycles. The van der Waals surface area contributed by atoms with E-state index in [1.807, 2.05) is 25.3 Å². The molecule has 0 saturated heterocycles. The van der Waals surface area contributed by atoms with Gasteiger partial charge in [0, 0.05) is 11.6 Å². The molecule has 72 valence electrons. The van der Waals surface area contributed by atoms with E-state index in [0.29, 0.717) is 5.56 Å².